The molecule has 0 saturated carbocycles. The van der Waals surface area contributed by atoms with Gasteiger partial charge < -0.3 is 19.2 Å². The van der Waals surface area contributed by atoms with E-state index >= 15 is 0 Å². The molecule has 1 amide bonds. The zero-order valence-electron chi connectivity index (χ0n) is 15.2. The topological polar surface area (TPSA) is 106 Å². The molecule has 0 saturated heterocycles. The third-order valence-electron chi connectivity index (χ3n) is 3.78. The monoisotopic (exact) mass is 401 g/mol. The van der Waals surface area contributed by atoms with Crippen LogP contribution < -0.4 is 0 Å². The van der Waals surface area contributed by atoms with Crippen LogP contribution >= 0.6 is 11.3 Å². The van der Waals surface area contributed by atoms with E-state index in [0.717, 1.165) is 11.3 Å². The molecule has 0 aliphatic rings. The Morgan fingerprint density at radius 1 is 1.25 bits per heavy atom. The first-order chi connectivity index (χ1) is 13.6. The third-order valence-corrected chi connectivity index (χ3v) is 4.64. The van der Waals surface area contributed by atoms with E-state index in [1.165, 1.54) is 40.5 Å². The summed E-state index contributed by atoms with van der Waals surface area (Å²) in [7, 11) is 0. The largest absolute Gasteiger partial charge is 0.508 e. The normalized spacial score (nSPS) is 10.6. The molecule has 0 aliphatic carbocycles. The molecule has 2 aromatic heterocycles. The van der Waals surface area contributed by atoms with Crippen molar-refractivity contribution >= 4 is 23.2 Å². The maximum atomic E-state index is 12.5. The van der Waals surface area contributed by atoms with E-state index in [1.54, 1.807) is 0 Å². The lowest BCUT2D eigenvalue weighted by atomic mass is 10.2. The van der Waals surface area contributed by atoms with Crippen molar-refractivity contribution in [2.24, 2.45) is 0 Å². The molecule has 2 heterocycles. The molecular formula is C19H19N3O5S. The summed E-state index contributed by atoms with van der Waals surface area (Å²) in [5.41, 5.74) is 0.173. The van der Waals surface area contributed by atoms with Crippen LogP contribution in [-0.4, -0.2) is 45.2 Å². The number of rotatable bonds is 8. The summed E-state index contributed by atoms with van der Waals surface area (Å²) in [4.78, 5) is 26.9. The van der Waals surface area contributed by atoms with Crippen LogP contribution in [0.15, 0.2) is 46.2 Å². The Kier molecular flexibility index (Phi) is 6.38. The Morgan fingerprint density at radius 2 is 2.11 bits per heavy atom. The molecule has 1 aromatic carbocycles. The number of carbonyl (C=O) groups excluding carboxylic acids is 2. The Hall–Kier alpha value is -3.20. The molecule has 0 unspecified atom stereocenters. The SMILES string of the molecule is CCCN(Cc1nnc(-c2cccs2)o1)C(=O)COC(=O)c1cccc(O)c1. The number of nitrogens with zero attached hydrogens (tertiary/aromatic N) is 3. The van der Waals surface area contributed by atoms with Gasteiger partial charge in [-0.2, -0.15) is 0 Å². The lowest BCUT2D eigenvalue weighted by Crippen LogP contribution is -2.35. The number of thiophene rings is 1. The van der Waals surface area contributed by atoms with Crippen LogP contribution in [0.3, 0.4) is 0 Å². The van der Waals surface area contributed by atoms with E-state index in [4.69, 9.17) is 9.15 Å². The van der Waals surface area contributed by atoms with Crippen molar-refractivity contribution in [1.29, 1.82) is 0 Å². The van der Waals surface area contributed by atoms with Crippen LogP contribution in [0.2, 0.25) is 0 Å². The van der Waals surface area contributed by atoms with Gasteiger partial charge in [0.1, 0.15) is 5.75 Å². The van der Waals surface area contributed by atoms with E-state index in [0.29, 0.717) is 18.3 Å². The molecule has 0 bridgehead atoms. The minimum atomic E-state index is -0.682. The highest BCUT2D eigenvalue weighted by Crippen LogP contribution is 2.23. The lowest BCUT2D eigenvalue weighted by Gasteiger charge is -2.20. The van der Waals surface area contributed by atoms with Gasteiger partial charge >= 0.3 is 5.97 Å². The third kappa shape index (κ3) is 4.95. The van der Waals surface area contributed by atoms with Crippen molar-refractivity contribution in [3.05, 3.63) is 53.2 Å². The van der Waals surface area contributed by atoms with Gasteiger partial charge in [0, 0.05) is 6.54 Å². The van der Waals surface area contributed by atoms with E-state index in [9.17, 15) is 14.7 Å². The van der Waals surface area contributed by atoms with Crippen molar-refractivity contribution < 1.29 is 23.8 Å². The first kappa shape index (κ1) is 19.6. The second-order valence-electron chi connectivity index (χ2n) is 5.92. The molecule has 1 N–H and O–H groups in total. The lowest BCUT2D eigenvalue weighted by molar-refractivity contribution is -0.135. The smallest absolute Gasteiger partial charge is 0.338 e. The number of hydrogen-bond donors (Lipinski definition) is 1. The molecule has 3 aromatic rings. The van der Waals surface area contributed by atoms with Crippen molar-refractivity contribution in [2.75, 3.05) is 13.2 Å². The van der Waals surface area contributed by atoms with Crippen LogP contribution in [0.25, 0.3) is 10.8 Å². The summed E-state index contributed by atoms with van der Waals surface area (Å²) in [6, 6.07) is 9.51. The second kappa shape index (κ2) is 9.14. The van der Waals surface area contributed by atoms with E-state index in [-0.39, 0.29) is 23.8 Å². The summed E-state index contributed by atoms with van der Waals surface area (Å²) in [6.07, 6.45) is 0.720. The molecule has 146 valence electrons. The van der Waals surface area contributed by atoms with Crippen molar-refractivity contribution in [2.45, 2.75) is 19.9 Å². The Bertz CT molecular complexity index is 939. The number of phenolic OH excluding ortho intramolecular Hbond substituents is 1. The summed E-state index contributed by atoms with van der Waals surface area (Å²) in [5.74, 6) is -0.384. The summed E-state index contributed by atoms with van der Waals surface area (Å²) in [6.45, 7) is 2.11. The molecule has 0 aliphatic heterocycles. The fraction of sp³-hybridized carbons (Fsp3) is 0.263. The average molecular weight is 401 g/mol. The highest BCUT2D eigenvalue weighted by molar-refractivity contribution is 7.13. The summed E-state index contributed by atoms with van der Waals surface area (Å²) >= 11 is 1.48. The Labute approximate surface area is 165 Å². The molecule has 0 radical (unpaired) electrons. The number of carbonyl (C=O) groups is 2. The molecule has 0 atom stereocenters. The summed E-state index contributed by atoms with van der Waals surface area (Å²) in [5, 5.41) is 19.3. The zero-order chi connectivity index (χ0) is 19.9. The van der Waals surface area contributed by atoms with Gasteiger partial charge in [-0.15, -0.1) is 21.5 Å². The minimum absolute atomic E-state index is 0.0497. The first-order valence-corrected chi connectivity index (χ1v) is 9.55. The molecule has 28 heavy (non-hydrogen) atoms. The molecule has 0 spiro atoms. The van der Waals surface area contributed by atoms with Crippen LogP contribution in [0.5, 0.6) is 5.75 Å². The maximum absolute atomic E-state index is 12.5. The number of aromatic nitrogens is 2. The summed E-state index contributed by atoms with van der Waals surface area (Å²) < 4.78 is 10.7. The van der Waals surface area contributed by atoms with Gasteiger partial charge in [0.2, 0.25) is 5.89 Å². The quantitative estimate of drug-likeness (QED) is 0.578. The van der Waals surface area contributed by atoms with Crippen molar-refractivity contribution in [3.8, 4) is 16.5 Å². The number of aromatic hydroxyl groups is 1. The van der Waals surface area contributed by atoms with Gasteiger partial charge in [-0.3, -0.25) is 4.79 Å². The fourth-order valence-corrected chi connectivity index (χ4v) is 3.12. The molecule has 0 fully saturated rings. The number of amides is 1. The van der Waals surface area contributed by atoms with Crippen molar-refractivity contribution in [3.63, 3.8) is 0 Å². The average Bonchev–Trinajstić information content (AvgIpc) is 3.37. The van der Waals surface area contributed by atoms with Gasteiger partial charge in [0.15, 0.2) is 6.61 Å². The van der Waals surface area contributed by atoms with Crippen LogP contribution in [0, 0.1) is 0 Å². The minimum Gasteiger partial charge on any atom is -0.508 e. The van der Waals surface area contributed by atoms with Crippen molar-refractivity contribution in [1.82, 2.24) is 15.1 Å². The highest BCUT2D eigenvalue weighted by atomic mass is 32.1. The number of ether oxygens (including phenoxy) is 1. The molecular weight excluding hydrogens is 382 g/mol. The van der Waals surface area contributed by atoms with E-state index < -0.39 is 12.6 Å². The van der Waals surface area contributed by atoms with E-state index in [1.807, 2.05) is 24.4 Å². The predicted octanol–water partition coefficient (Wildman–Crippen LogP) is 3.10. The second-order valence-corrected chi connectivity index (χ2v) is 6.87. The molecule has 3 rings (SSSR count). The zero-order valence-corrected chi connectivity index (χ0v) is 16.0. The maximum Gasteiger partial charge on any atom is 0.338 e. The Morgan fingerprint density at radius 3 is 2.82 bits per heavy atom. The van der Waals surface area contributed by atoms with Crippen LogP contribution in [-0.2, 0) is 16.1 Å². The molecule has 8 nitrogen and oxygen atoms in total. The molecule has 9 heteroatoms. The van der Waals surface area contributed by atoms with Gasteiger partial charge in [0.25, 0.3) is 11.8 Å². The number of phenols is 1. The fourth-order valence-electron chi connectivity index (χ4n) is 2.48. The highest BCUT2D eigenvalue weighted by Gasteiger charge is 2.19. The number of hydrogen-bond acceptors (Lipinski definition) is 8. The number of benzene rings is 1. The predicted molar refractivity (Wildman–Crippen MR) is 102 cm³/mol. The van der Waals surface area contributed by atoms with Crippen LogP contribution in [0.1, 0.15) is 29.6 Å². The van der Waals surface area contributed by atoms with Gasteiger partial charge in [-0.05, 0) is 36.1 Å². The Balaban J connectivity index is 1.60. The van der Waals surface area contributed by atoms with Gasteiger partial charge in [0.05, 0.1) is 17.0 Å². The first-order valence-electron chi connectivity index (χ1n) is 8.67. The van der Waals surface area contributed by atoms with Gasteiger partial charge in [-0.1, -0.05) is 19.1 Å². The standard InChI is InChI=1S/C19H19N3O5S/c1-2-8-22(11-16-20-21-18(27-16)15-7-4-9-28-15)17(24)12-26-19(25)13-5-3-6-14(23)10-13/h3-7,9-10,23H,2,8,11-12H2,1H3. The van der Waals surface area contributed by atoms with Crippen LogP contribution in [0.4, 0.5) is 0 Å². The van der Waals surface area contributed by atoms with Gasteiger partial charge in [-0.25, -0.2) is 4.79 Å². The van der Waals surface area contributed by atoms with E-state index in [2.05, 4.69) is 10.2 Å². The number of esters is 1.